The smallest absolute Gasteiger partial charge is 0.410 e. The van der Waals surface area contributed by atoms with Crippen LogP contribution in [0.2, 0.25) is 0 Å². The molecule has 1 amide bonds. The maximum Gasteiger partial charge on any atom is 0.410 e. The first-order valence-electron chi connectivity index (χ1n) is 18.2. The number of aliphatic hydroxyl groups excluding tert-OH is 1. The van der Waals surface area contributed by atoms with Crippen LogP contribution in [0.5, 0.6) is 0 Å². The van der Waals surface area contributed by atoms with E-state index in [1.807, 2.05) is 37.9 Å². The van der Waals surface area contributed by atoms with Gasteiger partial charge in [-0.25, -0.2) is 14.2 Å². The molecule has 13 heteroatoms. The van der Waals surface area contributed by atoms with E-state index in [0.717, 1.165) is 13.1 Å². The van der Waals surface area contributed by atoms with Crippen molar-refractivity contribution < 1.29 is 33.4 Å². The molecule has 52 heavy (non-hydrogen) atoms. The lowest BCUT2D eigenvalue weighted by atomic mass is 9.80. The van der Waals surface area contributed by atoms with E-state index in [-0.39, 0.29) is 31.1 Å². The number of carbonyl (C=O) groups is 4. The van der Waals surface area contributed by atoms with Gasteiger partial charge in [0.25, 0.3) is 0 Å². The largest absolute Gasteiger partial charge is 0.442 e. The Hall–Kier alpha value is -4.33. The predicted octanol–water partition coefficient (Wildman–Crippen LogP) is 3.90. The molecule has 0 radical (unpaired) electrons. The van der Waals surface area contributed by atoms with Crippen molar-refractivity contribution in [3.63, 3.8) is 0 Å². The van der Waals surface area contributed by atoms with Gasteiger partial charge < -0.3 is 24.5 Å². The van der Waals surface area contributed by atoms with Crippen LogP contribution in [-0.2, 0) is 14.3 Å². The van der Waals surface area contributed by atoms with Crippen LogP contribution in [0.1, 0.15) is 56.1 Å². The van der Waals surface area contributed by atoms with Crippen LogP contribution in [0.25, 0.3) is 6.08 Å². The molecule has 3 heterocycles. The molecule has 280 valence electrons. The van der Waals surface area contributed by atoms with Crippen molar-refractivity contribution in [2.45, 2.75) is 52.2 Å². The summed E-state index contributed by atoms with van der Waals surface area (Å²) in [7, 11) is 2.01. The highest BCUT2D eigenvalue weighted by atomic mass is 19.1. The molecular weight excluding hydrogens is 667 g/mol. The van der Waals surface area contributed by atoms with Crippen LogP contribution in [0.3, 0.4) is 0 Å². The fourth-order valence-corrected chi connectivity index (χ4v) is 7.10. The van der Waals surface area contributed by atoms with E-state index < -0.39 is 47.5 Å². The van der Waals surface area contributed by atoms with E-state index in [0.29, 0.717) is 68.2 Å². The second-order valence-corrected chi connectivity index (χ2v) is 14.5. The summed E-state index contributed by atoms with van der Waals surface area (Å²) in [5.41, 5.74) is 2.12. The van der Waals surface area contributed by atoms with Crippen molar-refractivity contribution in [1.29, 1.82) is 0 Å². The minimum atomic E-state index is -1.01. The summed E-state index contributed by atoms with van der Waals surface area (Å²) in [6, 6.07) is 4.72. The van der Waals surface area contributed by atoms with E-state index in [9.17, 15) is 24.3 Å². The minimum absolute atomic E-state index is 0.106. The molecule has 1 aromatic carbocycles. The van der Waals surface area contributed by atoms with Crippen molar-refractivity contribution in [3.05, 3.63) is 71.6 Å². The summed E-state index contributed by atoms with van der Waals surface area (Å²) in [6.45, 7) is 10.8. The number of anilines is 1. The predicted molar refractivity (Wildman–Crippen MR) is 195 cm³/mol. The van der Waals surface area contributed by atoms with Crippen LogP contribution >= 0.6 is 0 Å². The Morgan fingerprint density at radius 3 is 2.40 bits per heavy atom. The van der Waals surface area contributed by atoms with Gasteiger partial charge in [0.05, 0.1) is 24.8 Å². The van der Waals surface area contributed by atoms with E-state index in [1.54, 1.807) is 24.0 Å². The molecule has 0 spiro atoms. The number of likely N-dealkylation sites (N-methyl/N-ethyl adjacent to an activating group) is 1. The molecule has 0 saturated carbocycles. The molecular formula is C39H51FN6O6. The maximum absolute atomic E-state index is 15.1. The molecule has 2 saturated heterocycles. The van der Waals surface area contributed by atoms with Crippen LogP contribution in [0.4, 0.5) is 14.9 Å². The second-order valence-electron chi connectivity index (χ2n) is 14.5. The molecule has 5 atom stereocenters. The van der Waals surface area contributed by atoms with Crippen molar-refractivity contribution in [1.82, 2.24) is 24.7 Å². The number of rotatable bonds is 7. The highest BCUT2D eigenvalue weighted by molar-refractivity contribution is 6.38. The molecule has 1 N–H and O–H groups in total. The molecule has 5 rings (SSSR count). The van der Waals surface area contributed by atoms with Crippen molar-refractivity contribution in [2.24, 2.45) is 17.8 Å². The lowest BCUT2D eigenvalue weighted by Gasteiger charge is -2.35. The van der Waals surface area contributed by atoms with E-state index in [2.05, 4.69) is 19.8 Å². The highest BCUT2D eigenvalue weighted by Crippen LogP contribution is 2.30. The fraction of sp³-hybridized carbons (Fsp3) is 0.538. The van der Waals surface area contributed by atoms with Crippen molar-refractivity contribution in [2.75, 3.05) is 70.9 Å². The lowest BCUT2D eigenvalue weighted by molar-refractivity contribution is -0.140. The number of allylic oxidation sites excluding steroid dienone is 2. The summed E-state index contributed by atoms with van der Waals surface area (Å²) >= 11 is 0. The summed E-state index contributed by atoms with van der Waals surface area (Å²) < 4.78 is 21.1. The zero-order valence-electron chi connectivity index (χ0n) is 30.6. The number of hydrogen-bond donors (Lipinski definition) is 1. The van der Waals surface area contributed by atoms with Crippen LogP contribution < -0.4 is 4.90 Å². The molecule has 0 bridgehead atoms. The number of amides is 1. The van der Waals surface area contributed by atoms with Gasteiger partial charge in [0.15, 0.2) is 5.78 Å². The number of ketones is 3. The summed E-state index contributed by atoms with van der Waals surface area (Å²) in [5, 5.41) is 10.7. The SMILES string of the molecule is C/C(=C\c1cc(F)cc(N2CCN(CC(=O)c3cnccn3)CC2)c1)[C@H]1C(=O)C(=O)C[C@H](O)CC[C@H](C)[C@@H](OC(=O)N2CCN(C)CC2)/C=C/[C@@H]1C. The fourth-order valence-electron chi connectivity index (χ4n) is 7.10. The number of halogens is 1. The number of ether oxygens (including phenoxy) is 1. The third kappa shape index (κ3) is 10.4. The van der Waals surface area contributed by atoms with Crippen molar-refractivity contribution >= 4 is 35.2 Å². The number of aliphatic hydroxyl groups is 1. The van der Waals surface area contributed by atoms with Gasteiger partial charge in [-0.3, -0.25) is 24.3 Å². The van der Waals surface area contributed by atoms with Gasteiger partial charge in [0, 0.05) is 76.9 Å². The Labute approximate surface area is 305 Å². The third-order valence-electron chi connectivity index (χ3n) is 10.4. The molecule has 1 aromatic heterocycles. The van der Waals surface area contributed by atoms with Gasteiger partial charge in [-0.1, -0.05) is 31.6 Å². The Kier molecular flexibility index (Phi) is 13.4. The van der Waals surface area contributed by atoms with E-state index in [4.69, 9.17) is 4.74 Å². The first-order chi connectivity index (χ1) is 24.9. The number of nitrogens with zero attached hydrogens (tertiary/aromatic N) is 6. The number of aromatic nitrogens is 2. The number of benzene rings is 1. The van der Waals surface area contributed by atoms with Gasteiger partial charge >= 0.3 is 6.09 Å². The quantitative estimate of drug-likeness (QED) is 0.254. The van der Waals surface area contributed by atoms with Gasteiger partial charge in [-0.05, 0) is 68.5 Å². The highest BCUT2D eigenvalue weighted by Gasteiger charge is 2.33. The monoisotopic (exact) mass is 718 g/mol. The average Bonchev–Trinajstić information content (AvgIpc) is 3.12. The lowest BCUT2D eigenvalue weighted by Crippen LogP contribution is -2.48. The van der Waals surface area contributed by atoms with Crippen LogP contribution in [0, 0.1) is 23.6 Å². The Bertz CT molecular complexity index is 1640. The maximum atomic E-state index is 15.1. The molecule has 2 aliphatic heterocycles. The number of piperazine rings is 2. The number of hydrogen-bond acceptors (Lipinski definition) is 11. The Balaban J connectivity index is 1.32. The molecule has 0 unspecified atom stereocenters. The summed E-state index contributed by atoms with van der Waals surface area (Å²) in [5.74, 6) is -3.28. The van der Waals surface area contributed by atoms with Gasteiger partial charge in [-0.15, -0.1) is 0 Å². The third-order valence-corrected chi connectivity index (χ3v) is 10.4. The topological polar surface area (TPSA) is 136 Å². The van der Waals surface area contributed by atoms with Gasteiger partial charge in [-0.2, -0.15) is 0 Å². The summed E-state index contributed by atoms with van der Waals surface area (Å²) in [4.78, 5) is 68.7. The van der Waals surface area contributed by atoms with Gasteiger partial charge in [0.2, 0.25) is 11.6 Å². The Morgan fingerprint density at radius 2 is 1.71 bits per heavy atom. The molecule has 12 nitrogen and oxygen atoms in total. The molecule has 2 fully saturated rings. The normalized spacial score (nSPS) is 26.7. The molecule has 1 aliphatic carbocycles. The summed E-state index contributed by atoms with van der Waals surface area (Å²) in [6.07, 6.45) is 8.33. The molecule has 2 aromatic rings. The van der Waals surface area contributed by atoms with Crippen molar-refractivity contribution in [3.8, 4) is 0 Å². The zero-order chi connectivity index (χ0) is 37.4. The Morgan fingerprint density at radius 1 is 0.981 bits per heavy atom. The van der Waals surface area contributed by atoms with Gasteiger partial charge in [0.1, 0.15) is 17.6 Å². The van der Waals surface area contributed by atoms with E-state index >= 15 is 4.39 Å². The number of Topliss-reactive ketones (excluding diaryl/α,β-unsaturated/α-hetero) is 3. The van der Waals surface area contributed by atoms with E-state index in [1.165, 1.54) is 30.7 Å². The minimum Gasteiger partial charge on any atom is -0.442 e. The number of carbonyl (C=O) groups excluding carboxylic acids is 4. The standard InChI is InChI=1S/C39H51FN6O6/c1-26-5-7-32(47)23-34(48)38(50)37(27(2)6-8-36(26)52-39(51)46-15-11-43(4)12-16-46)28(3)19-29-20-30(40)22-31(21-29)45-17-13-44(14-18-45)25-35(49)33-24-41-9-10-42-33/h6,8-10,19-22,24,26-27,32,36-37,47H,5,7,11-18,23,25H2,1-4H3/b8-6+,28-19+/t26-,27-,32+,36-,37-/m0/s1. The average molecular weight is 719 g/mol. The van der Waals surface area contributed by atoms with Crippen LogP contribution in [0.15, 0.2) is 54.5 Å². The molecule has 3 aliphatic rings. The zero-order valence-corrected chi connectivity index (χ0v) is 30.6. The first kappa shape index (κ1) is 38.9. The first-order valence-corrected chi connectivity index (χ1v) is 18.2. The second kappa shape index (κ2) is 17.9. The van der Waals surface area contributed by atoms with Crippen LogP contribution in [-0.4, -0.2) is 131 Å².